The maximum absolute atomic E-state index is 4.83. The van der Waals surface area contributed by atoms with Crippen LogP contribution in [0.3, 0.4) is 0 Å². The second-order valence-corrected chi connectivity index (χ2v) is 8.58. The van der Waals surface area contributed by atoms with Crippen molar-refractivity contribution in [3.63, 3.8) is 0 Å². The second kappa shape index (κ2) is 9.72. The third-order valence-corrected chi connectivity index (χ3v) is 6.26. The molecule has 5 rings (SSSR count). The SMILES string of the molecule is Cc1c(N=Cc2ccccc2)/c(=N\Nc2nc(-c3ccccc3)cs2)n(-c2ccccc2)n1C. The Hall–Kier alpha value is -4.23. The molecule has 3 aromatic carbocycles. The first kappa shape index (κ1) is 21.6. The zero-order valence-corrected chi connectivity index (χ0v) is 19.8. The van der Waals surface area contributed by atoms with Crippen LogP contribution in [0.4, 0.5) is 10.8 Å². The Bertz CT molecular complexity index is 1480. The van der Waals surface area contributed by atoms with Gasteiger partial charge in [-0.2, -0.15) is 5.10 Å². The van der Waals surface area contributed by atoms with Crippen LogP contribution >= 0.6 is 11.3 Å². The van der Waals surface area contributed by atoms with Gasteiger partial charge in [0.25, 0.3) is 0 Å². The molecule has 1 N–H and O–H groups in total. The fraction of sp³-hybridized carbons (Fsp3) is 0.0741. The third-order valence-electron chi connectivity index (χ3n) is 5.51. The summed E-state index contributed by atoms with van der Waals surface area (Å²) in [6, 6.07) is 30.3. The molecule has 0 amide bonds. The topological polar surface area (TPSA) is 59.5 Å². The summed E-state index contributed by atoms with van der Waals surface area (Å²) < 4.78 is 4.11. The van der Waals surface area contributed by atoms with Crippen molar-refractivity contribution >= 4 is 28.4 Å². The molecule has 0 unspecified atom stereocenters. The van der Waals surface area contributed by atoms with E-state index in [1.165, 1.54) is 11.3 Å². The van der Waals surface area contributed by atoms with Gasteiger partial charge < -0.3 is 0 Å². The molecule has 0 atom stereocenters. The Kier molecular flexibility index (Phi) is 6.18. The van der Waals surface area contributed by atoms with E-state index >= 15 is 0 Å². The van der Waals surface area contributed by atoms with Gasteiger partial charge in [-0.25, -0.2) is 9.67 Å². The molecule has 0 saturated carbocycles. The minimum Gasteiger partial charge on any atom is -0.284 e. The highest BCUT2D eigenvalue weighted by molar-refractivity contribution is 7.14. The first-order chi connectivity index (χ1) is 16.7. The van der Waals surface area contributed by atoms with Gasteiger partial charge in [-0.1, -0.05) is 78.9 Å². The van der Waals surface area contributed by atoms with Crippen molar-refractivity contribution in [3.8, 4) is 16.9 Å². The lowest BCUT2D eigenvalue weighted by Gasteiger charge is -2.09. The smallest absolute Gasteiger partial charge is 0.203 e. The fourth-order valence-corrected chi connectivity index (χ4v) is 4.33. The Labute approximate surface area is 202 Å². The molecule has 6 nitrogen and oxygen atoms in total. The molecule has 0 aliphatic rings. The van der Waals surface area contributed by atoms with Gasteiger partial charge in [0.2, 0.25) is 5.13 Å². The van der Waals surface area contributed by atoms with Gasteiger partial charge in [-0.3, -0.25) is 15.1 Å². The van der Waals surface area contributed by atoms with E-state index in [-0.39, 0.29) is 0 Å². The molecule has 168 valence electrons. The van der Waals surface area contributed by atoms with Crippen LogP contribution in [-0.4, -0.2) is 20.6 Å². The Balaban J connectivity index is 1.58. The molecule has 34 heavy (non-hydrogen) atoms. The van der Waals surface area contributed by atoms with Crippen LogP contribution in [0.15, 0.2) is 106 Å². The molecule has 2 heterocycles. The van der Waals surface area contributed by atoms with Crippen molar-refractivity contribution < 1.29 is 0 Å². The van der Waals surface area contributed by atoms with E-state index in [0.29, 0.717) is 5.49 Å². The summed E-state index contributed by atoms with van der Waals surface area (Å²) in [5.74, 6) is 0. The van der Waals surface area contributed by atoms with Crippen LogP contribution in [0, 0.1) is 6.92 Å². The number of para-hydroxylation sites is 1. The molecule has 0 bridgehead atoms. The average molecular weight is 465 g/mol. The standard InChI is InChI=1S/C27H24N6S/c1-20-25(28-18-21-12-6-3-7-13-21)26(33(32(20)2)23-16-10-5-11-17-23)30-31-27-29-24(19-34-27)22-14-8-4-9-15-22/h3-19H,1-2H3,(H,29,31)/b28-18?,30-26+. The predicted octanol–water partition coefficient (Wildman–Crippen LogP) is 5.93. The number of anilines is 1. The summed E-state index contributed by atoms with van der Waals surface area (Å²) in [6.07, 6.45) is 1.87. The Morgan fingerprint density at radius 3 is 2.24 bits per heavy atom. The molecule has 0 aliphatic heterocycles. The summed E-state index contributed by atoms with van der Waals surface area (Å²) >= 11 is 1.52. The highest BCUT2D eigenvalue weighted by Crippen LogP contribution is 2.25. The van der Waals surface area contributed by atoms with Crippen LogP contribution in [0.1, 0.15) is 11.3 Å². The number of aromatic nitrogens is 3. The molecular formula is C27H24N6S. The van der Waals surface area contributed by atoms with Gasteiger partial charge in [0.1, 0.15) is 5.69 Å². The monoisotopic (exact) mass is 464 g/mol. The van der Waals surface area contributed by atoms with Crippen LogP contribution in [-0.2, 0) is 7.05 Å². The van der Waals surface area contributed by atoms with Crippen molar-refractivity contribution in [2.24, 2.45) is 17.1 Å². The molecule has 0 saturated heterocycles. The number of nitrogens with zero attached hydrogens (tertiary/aromatic N) is 5. The van der Waals surface area contributed by atoms with E-state index in [1.54, 1.807) is 0 Å². The van der Waals surface area contributed by atoms with Crippen LogP contribution in [0.2, 0.25) is 0 Å². The zero-order valence-electron chi connectivity index (χ0n) is 19.0. The highest BCUT2D eigenvalue weighted by atomic mass is 32.1. The number of nitrogens with one attached hydrogen (secondary N) is 1. The molecule has 5 aromatic rings. The lowest BCUT2D eigenvalue weighted by Crippen LogP contribution is -2.22. The lowest BCUT2D eigenvalue weighted by atomic mass is 10.2. The van der Waals surface area contributed by atoms with Crippen LogP contribution in [0.5, 0.6) is 0 Å². The van der Waals surface area contributed by atoms with Crippen LogP contribution in [0.25, 0.3) is 16.9 Å². The zero-order chi connectivity index (χ0) is 23.3. The van der Waals surface area contributed by atoms with Gasteiger partial charge in [0.05, 0.1) is 17.1 Å². The van der Waals surface area contributed by atoms with Crippen molar-refractivity contribution in [1.82, 2.24) is 14.3 Å². The number of hydrogen-bond acceptors (Lipinski definition) is 5. The summed E-state index contributed by atoms with van der Waals surface area (Å²) in [5, 5.41) is 7.53. The number of rotatable bonds is 6. The maximum Gasteiger partial charge on any atom is 0.203 e. The van der Waals surface area contributed by atoms with E-state index < -0.39 is 0 Å². The summed E-state index contributed by atoms with van der Waals surface area (Å²) in [7, 11) is 2.01. The molecule has 7 heteroatoms. The first-order valence-electron chi connectivity index (χ1n) is 10.9. The molecule has 0 fully saturated rings. The van der Waals surface area contributed by atoms with Gasteiger partial charge in [0, 0.05) is 24.2 Å². The predicted molar refractivity (Wildman–Crippen MR) is 140 cm³/mol. The van der Waals surface area contributed by atoms with E-state index in [9.17, 15) is 0 Å². The van der Waals surface area contributed by atoms with Crippen LogP contribution < -0.4 is 10.9 Å². The molecule has 0 aliphatic carbocycles. The van der Waals surface area contributed by atoms with Gasteiger partial charge in [0.15, 0.2) is 5.49 Å². The third kappa shape index (κ3) is 4.46. The van der Waals surface area contributed by atoms with E-state index in [2.05, 4.69) is 34.4 Å². The highest BCUT2D eigenvalue weighted by Gasteiger charge is 2.14. The Morgan fingerprint density at radius 2 is 1.53 bits per heavy atom. The van der Waals surface area contributed by atoms with Gasteiger partial charge >= 0.3 is 0 Å². The number of thiazole rings is 1. The van der Waals surface area contributed by atoms with E-state index in [4.69, 9.17) is 15.1 Å². The van der Waals surface area contributed by atoms with Crippen molar-refractivity contribution in [2.45, 2.75) is 6.92 Å². The van der Waals surface area contributed by atoms with Gasteiger partial charge in [-0.15, -0.1) is 11.3 Å². The lowest BCUT2D eigenvalue weighted by molar-refractivity contribution is 0.622. The minimum atomic E-state index is 0.704. The molecule has 0 radical (unpaired) electrons. The fourth-order valence-electron chi connectivity index (χ4n) is 3.67. The number of aliphatic imine (C=N–C) groups is 1. The number of benzene rings is 3. The van der Waals surface area contributed by atoms with Crippen molar-refractivity contribution in [1.29, 1.82) is 0 Å². The van der Waals surface area contributed by atoms with Crippen molar-refractivity contribution in [3.05, 3.63) is 113 Å². The first-order valence-corrected chi connectivity index (χ1v) is 11.8. The maximum atomic E-state index is 4.83. The summed E-state index contributed by atoms with van der Waals surface area (Å²) in [4.78, 5) is 9.54. The molecule has 0 spiro atoms. The molecule has 2 aromatic heterocycles. The van der Waals surface area contributed by atoms with E-state index in [0.717, 1.165) is 39.0 Å². The van der Waals surface area contributed by atoms with Crippen molar-refractivity contribution in [2.75, 3.05) is 5.43 Å². The minimum absolute atomic E-state index is 0.704. The largest absolute Gasteiger partial charge is 0.284 e. The molecular weight excluding hydrogens is 440 g/mol. The summed E-state index contributed by atoms with van der Waals surface area (Å²) in [5.41, 5.74) is 9.69. The number of hydrogen-bond donors (Lipinski definition) is 1. The Morgan fingerprint density at radius 1 is 0.882 bits per heavy atom. The quantitative estimate of drug-likeness (QED) is 0.250. The summed E-state index contributed by atoms with van der Waals surface area (Å²) in [6.45, 7) is 2.05. The normalized spacial score (nSPS) is 11.9. The average Bonchev–Trinajstić information content (AvgIpc) is 3.46. The van der Waals surface area contributed by atoms with E-state index in [1.807, 2.05) is 97.0 Å². The van der Waals surface area contributed by atoms with Gasteiger partial charge in [-0.05, 0) is 24.6 Å². The second-order valence-electron chi connectivity index (χ2n) is 7.72.